The zero-order valence-corrected chi connectivity index (χ0v) is 16.7. The highest BCUT2D eigenvalue weighted by Crippen LogP contribution is 2.30. The smallest absolute Gasteiger partial charge is 0.234 e. The van der Waals surface area contributed by atoms with E-state index < -0.39 is 0 Å². The highest BCUT2D eigenvalue weighted by atomic mass is 32.2. The number of anilines is 1. The predicted octanol–water partition coefficient (Wildman–Crippen LogP) is 4.74. The van der Waals surface area contributed by atoms with Crippen LogP contribution in [0.5, 0.6) is 0 Å². The number of carbonyl (C=O) groups excluding carboxylic acids is 1. The van der Waals surface area contributed by atoms with Gasteiger partial charge in [0, 0.05) is 5.69 Å². The van der Waals surface area contributed by atoms with Gasteiger partial charge in [-0.3, -0.25) is 4.79 Å². The van der Waals surface area contributed by atoms with Gasteiger partial charge in [-0.05, 0) is 61.4 Å². The summed E-state index contributed by atoms with van der Waals surface area (Å²) < 4.78 is 10.9. The molecule has 0 aliphatic carbocycles. The number of aryl methyl sites for hydroxylation is 2. The molecule has 0 unspecified atom stereocenters. The van der Waals surface area contributed by atoms with E-state index in [1.807, 2.05) is 26.0 Å². The minimum Gasteiger partial charge on any atom is -0.463 e. The summed E-state index contributed by atoms with van der Waals surface area (Å²) in [5.41, 5.74) is 3.96. The zero-order valence-electron chi connectivity index (χ0n) is 15.9. The van der Waals surface area contributed by atoms with Crippen molar-refractivity contribution in [3.63, 3.8) is 0 Å². The lowest BCUT2D eigenvalue weighted by Crippen LogP contribution is -2.14. The summed E-state index contributed by atoms with van der Waals surface area (Å²) >= 11 is 1.20. The highest BCUT2D eigenvalue weighted by Gasteiger charge is 2.18. The van der Waals surface area contributed by atoms with Crippen LogP contribution >= 0.6 is 11.8 Å². The van der Waals surface area contributed by atoms with Crippen LogP contribution in [-0.4, -0.2) is 26.8 Å². The Labute approximate surface area is 171 Å². The van der Waals surface area contributed by atoms with Crippen molar-refractivity contribution in [1.29, 1.82) is 0 Å². The molecular weight excluding hydrogens is 388 g/mol. The average molecular weight is 406 g/mol. The molecule has 0 radical (unpaired) electrons. The minimum absolute atomic E-state index is 0.141. The molecule has 4 rings (SSSR count). The maximum Gasteiger partial charge on any atom is 0.234 e. The number of hydrogen-bond donors (Lipinski definition) is 1. The molecule has 0 saturated carbocycles. The molecule has 7 nitrogen and oxygen atoms in total. The average Bonchev–Trinajstić information content (AvgIpc) is 3.39. The van der Waals surface area contributed by atoms with Crippen LogP contribution in [0.4, 0.5) is 5.69 Å². The summed E-state index contributed by atoms with van der Waals surface area (Å²) in [5.74, 6) is 1.11. The molecule has 0 bridgehead atoms. The van der Waals surface area contributed by atoms with Crippen LogP contribution in [-0.2, 0) is 4.79 Å². The van der Waals surface area contributed by atoms with Gasteiger partial charge in [-0.1, -0.05) is 17.8 Å². The first kappa shape index (κ1) is 18.9. The Morgan fingerprint density at radius 2 is 1.62 bits per heavy atom. The minimum atomic E-state index is -0.141. The lowest BCUT2D eigenvalue weighted by atomic mass is 10.1. The van der Waals surface area contributed by atoms with Crippen LogP contribution in [0.1, 0.15) is 11.1 Å². The van der Waals surface area contributed by atoms with E-state index in [4.69, 9.17) is 8.83 Å². The van der Waals surface area contributed by atoms with E-state index in [0.717, 1.165) is 16.8 Å². The largest absolute Gasteiger partial charge is 0.463 e. The van der Waals surface area contributed by atoms with Crippen molar-refractivity contribution in [3.05, 3.63) is 66.1 Å². The number of amides is 1. The Bertz CT molecular complexity index is 1100. The summed E-state index contributed by atoms with van der Waals surface area (Å²) in [7, 11) is 0. The Morgan fingerprint density at radius 1 is 0.966 bits per heavy atom. The maximum atomic E-state index is 12.3. The lowest BCUT2D eigenvalue weighted by molar-refractivity contribution is -0.113. The molecular formula is C21H18N4O3S. The van der Waals surface area contributed by atoms with Gasteiger partial charge in [0.05, 0.1) is 18.3 Å². The van der Waals surface area contributed by atoms with E-state index in [1.165, 1.54) is 11.8 Å². The van der Waals surface area contributed by atoms with Crippen LogP contribution in [0.15, 0.2) is 69.0 Å². The molecule has 1 aromatic carbocycles. The van der Waals surface area contributed by atoms with Crippen LogP contribution in [0.2, 0.25) is 0 Å². The van der Waals surface area contributed by atoms with Gasteiger partial charge >= 0.3 is 0 Å². The molecule has 0 saturated heterocycles. The van der Waals surface area contributed by atoms with Crippen molar-refractivity contribution in [3.8, 4) is 22.9 Å². The zero-order chi connectivity index (χ0) is 20.2. The molecule has 3 aromatic heterocycles. The van der Waals surface area contributed by atoms with Gasteiger partial charge in [0.1, 0.15) is 5.69 Å². The van der Waals surface area contributed by atoms with Crippen LogP contribution in [0.25, 0.3) is 22.9 Å². The molecule has 146 valence electrons. The molecule has 3 heterocycles. The molecule has 0 aliphatic rings. The van der Waals surface area contributed by atoms with E-state index in [2.05, 4.69) is 26.6 Å². The Balaban J connectivity index is 1.50. The van der Waals surface area contributed by atoms with Gasteiger partial charge in [0.15, 0.2) is 17.2 Å². The number of benzene rings is 1. The van der Waals surface area contributed by atoms with Crippen molar-refractivity contribution in [2.45, 2.75) is 19.0 Å². The fourth-order valence-electron chi connectivity index (χ4n) is 2.91. The molecule has 0 spiro atoms. The van der Waals surface area contributed by atoms with Crippen molar-refractivity contribution >= 4 is 23.4 Å². The van der Waals surface area contributed by atoms with Crippen molar-refractivity contribution in [2.75, 3.05) is 11.1 Å². The van der Waals surface area contributed by atoms with Gasteiger partial charge in [0.2, 0.25) is 11.1 Å². The summed E-state index contributed by atoms with van der Waals surface area (Å²) in [6.45, 7) is 3.99. The summed E-state index contributed by atoms with van der Waals surface area (Å²) in [5, 5.41) is 11.7. The number of carbonyl (C=O) groups is 1. The molecule has 29 heavy (non-hydrogen) atoms. The van der Waals surface area contributed by atoms with E-state index in [0.29, 0.717) is 28.1 Å². The van der Waals surface area contributed by atoms with Gasteiger partial charge in [-0.15, -0.1) is 10.2 Å². The van der Waals surface area contributed by atoms with Crippen LogP contribution < -0.4 is 5.32 Å². The normalized spacial score (nSPS) is 10.8. The fraction of sp³-hybridized carbons (Fsp3) is 0.143. The summed E-state index contributed by atoms with van der Waals surface area (Å²) in [6.07, 6.45) is 3.12. The quantitative estimate of drug-likeness (QED) is 0.462. The second kappa shape index (κ2) is 8.32. The molecule has 1 amide bonds. The van der Waals surface area contributed by atoms with Gasteiger partial charge in [0.25, 0.3) is 0 Å². The van der Waals surface area contributed by atoms with Crippen molar-refractivity contribution in [2.24, 2.45) is 0 Å². The number of furan rings is 2. The third-order valence-electron chi connectivity index (χ3n) is 4.01. The predicted molar refractivity (Wildman–Crippen MR) is 111 cm³/mol. The van der Waals surface area contributed by atoms with Crippen LogP contribution in [0.3, 0.4) is 0 Å². The molecule has 0 aliphatic heterocycles. The second-order valence-electron chi connectivity index (χ2n) is 6.46. The van der Waals surface area contributed by atoms with Gasteiger partial charge in [-0.25, -0.2) is 4.98 Å². The number of nitrogens with zero attached hydrogens (tertiary/aromatic N) is 3. The van der Waals surface area contributed by atoms with Gasteiger partial charge < -0.3 is 14.2 Å². The number of thioether (sulfide) groups is 1. The Kier molecular flexibility index (Phi) is 5.44. The van der Waals surface area contributed by atoms with E-state index in [1.54, 1.807) is 36.8 Å². The van der Waals surface area contributed by atoms with E-state index in [-0.39, 0.29) is 11.7 Å². The Morgan fingerprint density at radius 3 is 2.24 bits per heavy atom. The first-order valence-electron chi connectivity index (χ1n) is 8.92. The third-order valence-corrected chi connectivity index (χ3v) is 4.85. The molecule has 0 fully saturated rings. The van der Waals surface area contributed by atoms with E-state index >= 15 is 0 Å². The summed E-state index contributed by atoms with van der Waals surface area (Å²) in [6, 6.07) is 13.0. The van der Waals surface area contributed by atoms with Gasteiger partial charge in [-0.2, -0.15) is 0 Å². The summed E-state index contributed by atoms with van der Waals surface area (Å²) in [4.78, 5) is 16.9. The number of nitrogens with one attached hydrogen (secondary N) is 1. The first-order chi connectivity index (χ1) is 14.1. The monoisotopic (exact) mass is 406 g/mol. The number of aromatic nitrogens is 3. The number of hydrogen-bond acceptors (Lipinski definition) is 7. The Hall–Kier alpha value is -3.39. The number of rotatable bonds is 6. The fourth-order valence-corrected chi connectivity index (χ4v) is 3.50. The topological polar surface area (TPSA) is 94.1 Å². The third kappa shape index (κ3) is 4.55. The maximum absolute atomic E-state index is 12.3. The SMILES string of the molecule is Cc1cc(C)cc(NC(=O)CSc2nnc(-c3ccco3)c(-c3ccco3)n2)c1. The first-order valence-corrected chi connectivity index (χ1v) is 9.90. The highest BCUT2D eigenvalue weighted by molar-refractivity contribution is 7.99. The second-order valence-corrected chi connectivity index (χ2v) is 7.40. The van der Waals surface area contributed by atoms with Crippen molar-refractivity contribution in [1.82, 2.24) is 15.2 Å². The standard InChI is InChI=1S/C21H18N4O3S/c1-13-9-14(2)11-15(10-13)22-18(26)12-29-21-23-19(16-5-3-7-27-16)20(24-25-21)17-6-4-8-28-17/h3-11H,12H2,1-2H3,(H,22,26). The molecule has 0 atom stereocenters. The van der Waals surface area contributed by atoms with Crippen molar-refractivity contribution < 1.29 is 13.6 Å². The lowest BCUT2D eigenvalue weighted by Gasteiger charge is -2.08. The van der Waals surface area contributed by atoms with E-state index in [9.17, 15) is 4.79 Å². The van der Waals surface area contributed by atoms with Crippen LogP contribution in [0, 0.1) is 13.8 Å². The molecule has 8 heteroatoms. The molecule has 1 N–H and O–H groups in total. The molecule has 4 aromatic rings.